The Morgan fingerprint density at radius 2 is 1.76 bits per heavy atom. The molecule has 8 heteroatoms. The summed E-state index contributed by atoms with van der Waals surface area (Å²) in [5, 5.41) is 15.3. The lowest BCUT2D eigenvalue weighted by Crippen LogP contribution is -2.33. The Morgan fingerprint density at radius 1 is 1.08 bits per heavy atom. The van der Waals surface area contributed by atoms with Gasteiger partial charge in [0, 0.05) is 12.2 Å². The maximum Gasteiger partial charge on any atom is 0.416 e. The summed E-state index contributed by atoms with van der Waals surface area (Å²) in [4.78, 5) is 11.7. The van der Waals surface area contributed by atoms with Gasteiger partial charge < -0.3 is 15.7 Å². The zero-order valence-corrected chi connectivity index (χ0v) is 13.9. The molecule has 2 rings (SSSR count). The van der Waals surface area contributed by atoms with Gasteiger partial charge in [-0.2, -0.15) is 13.2 Å². The van der Waals surface area contributed by atoms with Crippen molar-refractivity contribution in [3.05, 3.63) is 65.7 Å². The Balaban J connectivity index is 0.00000312. The van der Waals surface area contributed by atoms with Gasteiger partial charge >= 0.3 is 6.18 Å². The molecule has 1 atom stereocenters. The molecule has 0 bridgehead atoms. The molecule has 0 heterocycles. The number of alkyl halides is 3. The van der Waals surface area contributed by atoms with Crippen LogP contribution < -0.4 is 10.6 Å². The highest BCUT2D eigenvalue weighted by Gasteiger charge is 2.30. The maximum atomic E-state index is 12.6. The third-order valence-corrected chi connectivity index (χ3v) is 3.32. The van der Waals surface area contributed by atoms with Crippen LogP contribution in [-0.2, 0) is 11.0 Å². The summed E-state index contributed by atoms with van der Waals surface area (Å²) >= 11 is 0. The van der Waals surface area contributed by atoms with E-state index in [1.165, 1.54) is 12.1 Å². The first-order chi connectivity index (χ1) is 11.4. The molecule has 0 saturated heterocycles. The Kier molecular flexibility index (Phi) is 7.73. The molecule has 136 valence electrons. The van der Waals surface area contributed by atoms with Crippen molar-refractivity contribution >= 4 is 24.0 Å². The summed E-state index contributed by atoms with van der Waals surface area (Å²) in [6.07, 6.45) is -5.69. The number of nitrogens with one attached hydrogen (secondary N) is 2. The minimum atomic E-state index is -4.47. The van der Waals surface area contributed by atoms with Crippen LogP contribution in [0.5, 0.6) is 0 Å². The number of aliphatic hydroxyl groups is 1. The first-order valence-electron chi connectivity index (χ1n) is 7.27. The van der Waals surface area contributed by atoms with Crippen LogP contribution in [0, 0.1) is 0 Å². The minimum absolute atomic E-state index is 0. The fourth-order valence-corrected chi connectivity index (χ4v) is 2.05. The Morgan fingerprint density at radius 3 is 2.40 bits per heavy atom. The topological polar surface area (TPSA) is 61.4 Å². The van der Waals surface area contributed by atoms with E-state index in [1.807, 2.05) is 18.2 Å². The number of carbonyl (C=O) groups excluding carboxylic acids is 1. The monoisotopic (exact) mass is 374 g/mol. The highest BCUT2D eigenvalue weighted by atomic mass is 35.5. The molecular formula is C17H18ClF3N2O2. The van der Waals surface area contributed by atoms with E-state index in [-0.39, 0.29) is 37.0 Å². The van der Waals surface area contributed by atoms with Crippen LogP contribution in [-0.4, -0.2) is 24.1 Å². The van der Waals surface area contributed by atoms with E-state index in [1.54, 1.807) is 12.1 Å². The summed E-state index contributed by atoms with van der Waals surface area (Å²) in [7, 11) is 0. The van der Waals surface area contributed by atoms with Gasteiger partial charge in [0.1, 0.15) is 0 Å². The molecule has 2 aromatic rings. The average molecular weight is 375 g/mol. The molecule has 25 heavy (non-hydrogen) atoms. The molecule has 0 fully saturated rings. The molecule has 3 N–H and O–H groups in total. The van der Waals surface area contributed by atoms with Crippen LogP contribution in [0.3, 0.4) is 0 Å². The Hall–Kier alpha value is -2.25. The van der Waals surface area contributed by atoms with Gasteiger partial charge in [-0.1, -0.05) is 30.3 Å². The lowest BCUT2D eigenvalue weighted by Gasteiger charge is -2.15. The predicted octanol–water partition coefficient (Wildman–Crippen LogP) is 3.39. The number of aliphatic hydroxyl groups excluding tert-OH is 1. The van der Waals surface area contributed by atoms with Gasteiger partial charge in [-0.3, -0.25) is 4.79 Å². The van der Waals surface area contributed by atoms with Crippen molar-refractivity contribution < 1.29 is 23.1 Å². The van der Waals surface area contributed by atoms with Gasteiger partial charge in [-0.25, -0.2) is 0 Å². The van der Waals surface area contributed by atoms with Gasteiger partial charge in [-0.15, -0.1) is 12.4 Å². The van der Waals surface area contributed by atoms with Crippen LogP contribution in [0.15, 0.2) is 54.6 Å². The summed E-state index contributed by atoms with van der Waals surface area (Å²) in [5.74, 6) is -0.370. The van der Waals surface area contributed by atoms with Crippen LogP contribution in [0.4, 0.5) is 18.9 Å². The number of hydrogen-bond donors (Lipinski definition) is 3. The number of rotatable bonds is 6. The predicted molar refractivity (Wildman–Crippen MR) is 91.6 cm³/mol. The second-order valence-corrected chi connectivity index (χ2v) is 5.16. The minimum Gasteiger partial charge on any atom is -0.387 e. The lowest BCUT2D eigenvalue weighted by atomic mass is 10.1. The van der Waals surface area contributed by atoms with Gasteiger partial charge in [0.2, 0.25) is 5.91 Å². The van der Waals surface area contributed by atoms with E-state index in [9.17, 15) is 23.1 Å². The van der Waals surface area contributed by atoms with Gasteiger partial charge in [-0.05, 0) is 29.8 Å². The number of amides is 1. The molecule has 1 amide bonds. The second kappa shape index (κ2) is 9.29. The zero-order chi connectivity index (χ0) is 17.6. The summed E-state index contributed by atoms with van der Waals surface area (Å²) < 4.78 is 37.9. The highest BCUT2D eigenvalue weighted by molar-refractivity contribution is 5.85. The van der Waals surface area contributed by atoms with Crippen LogP contribution in [0.25, 0.3) is 0 Å². The Labute approximate surface area is 149 Å². The second-order valence-electron chi connectivity index (χ2n) is 5.16. The average Bonchev–Trinajstić information content (AvgIpc) is 2.58. The molecule has 0 aliphatic carbocycles. The number of anilines is 1. The molecule has 0 aromatic heterocycles. The highest BCUT2D eigenvalue weighted by Crippen LogP contribution is 2.30. The van der Waals surface area contributed by atoms with E-state index in [4.69, 9.17) is 0 Å². The van der Waals surface area contributed by atoms with Crippen LogP contribution in [0.2, 0.25) is 0 Å². The van der Waals surface area contributed by atoms with E-state index in [0.717, 1.165) is 17.8 Å². The van der Waals surface area contributed by atoms with E-state index >= 15 is 0 Å². The first-order valence-corrected chi connectivity index (χ1v) is 7.27. The maximum absolute atomic E-state index is 12.6. The fourth-order valence-electron chi connectivity index (χ4n) is 2.05. The lowest BCUT2D eigenvalue weighted by molar-refractivity contribution is -0.137. The van der Waals surface area contributed by atoms with Gasteiger partial charge in [0.05, 0.1) is 18.2 Å². The third-order valence-electron chi connectivity index (χ3n) is 3.32. The van der Waals surface area contributed by atoms with Crippen molar-refractivity contribution in [3.63, 3.8) is 0 Å². The van der Waals surface area contributed by atoms with Crippen molar-refractivity contribution in [3.8, 4) is 0 Å². The quantitative estimate of drug-likeness (QED) is 0.726. The van der Waals surface area contributed by atoms with Crippen LogP contribution >= 0.6 is 12.4 Å². The van der Waals surface area contributed by atoms with Crippen molar-refractivity contribution in [2.24, 2.45) is 0 Å². The molecular weight excluding hydrogens is 357 g/mol. The van der Waals surface area contributed by atoms with Crippen LogP contribution in [0.1, 0.15) is 17.2 Å². The smallest absolute Gasteiger partial charge is 0.387 e. The van der Waals surface area contributed by atoms with E-state index < -0.39 is 17.8 Å². The summed E-state index contributed by atoms with van der Waals surface area (Å²) in [5.41, 5.74) is 0.0309. The molecule has 0 spiro atoms. The molecule has 4 nitrogen and oxygen atoms in total. The van der Waals surface area contributed by atoms with Gasteiger partial charge in [0.25, 0.3) is 0 Å². The van der Waals surface area contributed by atoms with Crippen molar-refractivity contribution in [1.29, 1.82) is 0 Å². The standard InChI is InChI=1S/C17H17F3N2O2.ClH/c18-17(19,20)13-6-4-5-12(9-13)15(23)10-22-16(24)11-21-14-7-2-1-3-8-14;/h1-9,15,21,23H,10-11H2,(H,22,24);1H. The molecule has 0 radical (unpaired) electrons. The molecule has 2 aromatic carbocycles. The third kappa shape index (κ3) is 6.64. The number of halogens is 4. The molecule has 1 unspecified atom stereocenters. The van der Waals surface area contributed by atoms with Crippen molar-refractivity contribution in [1.82, 2.24) is 5.32 Å². The largest absolute Gasteiger partial charge is 0.416 e. The van der Waals surface area contributed by atoms with E-state index in [0.29, 0.717) is 0 Å². The number of benzene rings is 2. The van der Waals surface area contributed by atoms with Crippen molar-refractivity contribution in [2.75, 3.05) is 18.4 Å². The summed E-state index contributed by atoms with van der Waals surface area (Å²) in [6, 6.07) is 13.5. The molecule has 0 aliphatic heterocycles. The number of carbonyl (C=O) groups is 1. The molecule has 0 aliphatic rings. The molecule has 0 saturated carbocycles. The summed E-state index contributed by atoms with van der Waals surface area (Å²) in [6.45, 7) is -0.171. The number of hydrogen-bond acceptors (Lipinski definition) is 3. The fraction of sp³-hybridized carbons (Fsp3) is 0.235. The zero-order valence-electron chi connectivity index (χ0n) is 13.1. The number of para-hydroxylation sites is 1. The SMILES string of the molecule is Cl.O=C(CNc1ccccc1)NCC(O)c1cccc(C(F)(F)F)c1. The van der Waals surface area contributed by atoms with Gasteiger partial charge in [0.15, 0.2) is 0 Å². The van der Waals surface area contributed by atoms with Crippen molar-refractivity contribution in [2.45, 2.75) is 12.3 Å². The Bertz CT molecular complexity index is 681. The normalized spacial score (nSPS) is 12.0. The van der Waals surface area contributed by atoms with E-state index in [2.05, 4.69) is 10.6 Å². The first kappa shape index (κ1) is 20.8.